The normalized spacial score (nSPS) is 15.6. The number of para-hydroxylation sites is 1. The van der Waals surface area contributed by atoms with E-state index in [1.165, 1.54) is 5.69 Å². The number of anilines is 1. The van der Waals surface area contributed by atoms with Crippen molar-refractivity contribution in [3.63, 3.8) is 0 Å². The fraction of sp³-hybridized carbons (Fsp3) is 0.429. The van der Waals surface area contributed by atoms with E-state index < -0.39 is 0 Å². The molecule has 4 nitrogen and oxygen atoms in total. The number of carbonyl (C=O) groups is 2. The Hall–Kier alpha value is -1.84. The van der Waals surface area contributed by atoms with Crippen LogP contribution in [0.3, 0.4) is 0 Å². The van der Waals surface area contributed by atoms with Crippen molar-refractivity contribution < 1.29 is 9.59 Å². The predicted molar refractivity (Wildman–Crippen MR) is 70.5 cm³/mol. The van der Waals surface area contributed by atoms with Gasteiger partial charge in [-0.1, -0.05) is 25.1 Å². The van der Waals surface area contributed by atoms with E-state index >= 15 is 0 Å². The number of ketones is 1. The van der Waals surface area contributed by atoms with E-state index in [1.54, 1.807) is 11.8 Å². The van der Waals surface area contributed by atoms with Crippen molar-refractivity contribution >= 4 is 17.4 Å². The molecule has 0 radical (unpaired) electrons. The summed E-state index contributed by atoms with van der Waals surface area (Å²) >= 11 is 0. The number of nitrogens with zero attached hydrogens (tertiary/aromatic N) is 2. The maximum Gasteiger partial charge on any atom is 0.290 e. The molecule has 1 heterocycles. The molecular weight excluding hydrogens is 228 g/mol. The Bertz CT molecular complexity index is 423. The van der Waals surface area contributed by atoms with Crippen molar-refractivity contribution in [3.8, 4) is 0 Å². The lowest BCUT2D eigenvalue weighted by molar-refractivity contribution is -0.144. The maximum atomic E-state index is 11.7. The van der Waals surface area contributed by atoms with Crippen LogP contribution in [-0.4, -0.2) is 42.8 Å². The average Bonchev–Trinajstić information content (AvgIpc) is 2.47. The Morgan fingerprint density at radius 2 is 1.67 bits per heavy atom. The topological polar surface area (TPSA) is 40.6 Å². The molecule has 1 aromatic rings. The third-order valence-corrected chi connectivity index (χ3v) is 3.25. The van der Waals surface area contributed by atoms with Gasteiger partial charge in [0.1, 0.15) is 0 Å². The maximum absolute atomic E-state index is 11.7. The smallest absolute Gasteiger partial charge is 0.290 e. The van der Waals surface area contributed by atoms with E-state index in [0.29, 0.717) is 13.1 Å². The number of rotatable bonds is 3. The zero-order chi connectivity index (χ0) is 13.0. The van der Waals surface area contributed by atoms with Gasteiger partial charge in [0.25, 0.3) is 5.91 Å². The minimum Gasteiger partial charge on any atom is -0.368 e. The highest BCUT2D eigenvalue weighted by atomic mass is 16.2. The first kappa shape index (κ1) is 12.6. The van der Waals surface area contributed by atoms with Gasteiger partial charge in [0, 0.05) is 38.3 Å². The Balaban J connectivity index is 1.92. The molecule has 4 heteroatoms. The molecule has 1 amide bonds. The van der Waals surface area contributed by atoms with E-state index in [2.05, 4.69) is 17.0 Å². The van der Waals surface area contributed by atoms with Gasteiger partial charge in [-0.15, -0.1) is 0 Å². The van der Waals surface area contributed by atoms with E-state index in [0.717, 1.165) is 13.1 Å². The van der Waals surface area contributed by atoms with Crippen LogP contribution in [0.4, 0.5) is 5.69 Å². The molecule has 1 saturated heterocycles. The van der Waals surface area contributed by atoms with Crippen LogP contribution >= 0.6 is 0 Å². The van der Waals surface area contributed by atoms with Crippen molar-refractivity contribution in [2.75, 3.05) is 31.1 Å². The number of carbonyl (C=O) groups excluding carboxylic acids is 2. The Morgan fingerprint density at radius 1 is 1.06 bits per heavy atom. The summed E-state index contributed by atoms with van der Waals surface area (Å²) < 4.78 is 0. The summed E-state index contributed by atoms with van der Waals surface area (Å²) in [6, 6.07) is 10.1. The first-order valence-electron chi connectivity index (χ1n) is 6.34. The molecule has 0 aromatic heterocycles. The summed E-state index contributed by atoms with van der Waals surface area (Å²) in [4.78, 5) is 27.0. The molecular formula is C14H18N2O2. The van der Waals surface area contributed by atoms with Crippen molar-refractivity contribution in [2.45, 2.75) is 13.3 Å². The SMILES string of the molecule is CCC(=O)C(=O)N1CCN(c2ccccc2)CC1. The van der Waals surface area contributed by atoms with Crippen LogP contribution < -0.4 is 4.90 Å². The zero-order valence-corrected chi connectivity index (χ0v) is 10.6. The lowest BCUT2D eigenvalue weighted by Crippen LogP contribution is -2.50. The van der Waals surface area contributed by atoms with Gasteiger partial charge in [0.15, 0.2) is 0 Å². The minimum atomic E-state index is -0.329. The van der Waals surface area contributed by atoms with E-state index in [4.69, 9.17) is 0 Å². The predicted octanol–water partition coefficient (Wildman–Crippen LogP) is 1.31. The van der Waals surface area contributed by atoms with Crippen LogP contribution in [0.2, 0.25) is 0 Å². The Kier molecular flexibility index (Phi) is 3.97. The molecule has 96 valence electrons. The zero-order valence-electron chi connectivity index (χ0n) is 10.6. The molecule has 0 aliphatic carbocycles. The molecule has 1 aromatic carbocycles. The van der Waals surface area contributed by atoms with Crippen molar-refractivity contribution in [1.29, 1.82) is 0 Å². The largest absolute Gasteiger partial charge is 0.368 e. The number of benzene rings is 1. The highest BCUT2D eigenvalue weighted by molar-refractivity contribution is 6.35. The van der Waals surface area contributed by atoms with Gasteiger partial charge in [-0.25, -0.2) is 0 Å². The first-order valence-corrected chi connectivity index (χ1v) is 6.34. The summed E-state index contributed by atoms with van der Waals surface area (Å²) in [6.45, 7) is 4.54. The Morgan fingerprint density at radius 3 is 2.22 bits per heavy atom. The second-order valence-corrected chi connectivity index (χ2v) is 4.39. The molecule has 0 N–H and O–H groups in total. The quantitative estimate of drug-likeness (QED) is 0.755. The second kappa shape index (κ2) is 5.67. The van der Waals surface area contributed by atoms with Crippen LogP contribution in [-0.2, 0) is 9.59 Å². The number of hydrogen-bond acceptors (Lipinski definition) is 3. The van der Waals surface area contributed by atoms with Crippen LogP contribution in [0.25, 0.3) is 0 Å². The molecule has 0 bridgehead atoms. The summed E-state index contributed by atoms with van der Waals surface area (Å²) in [5, 5.41) is 0. The Labute approximate surface area is 107 Å². The van der Waals surface area contributed by atoms with Crippen molar-refractivity contribution in [2.24, 2.45) is 0 Å². The van der Waals surface area contributed by atoms with E-state index in [9.17, 15) is 9.59 Å². The van der Waals surface area contributed by atoms with Crippen LogP contribution in [0.5, 0.6) is 0 Å². The third-order valence-electron chi connectivity index (χ3n) is 3.25. The highest BCUT2D eigenvalue weighted by Gasteiger charge is 2.24. The highest BCUT2D eigenvalue weighted by Crippen LogP contribution is 2.15. The van der Waals surface area contributed by atoms with Crippen LogP contribution in [0, 0.1) is 0 Å². The third kappa shape index (κ3) is 2.70. The molecule has 1 aliphatic rings. The molecule has 0 unspecified atom stereocenters. The fourth-order valence-corrected chi connectivity index (χ4v) is 2.13. The van der Waals surface area contributed by atoms with Gasteiger partial charge in [-0.05, 0) is 12.1 Å². The summed E-state index contributed by atoms with van der Waals surface area (Å²) in [5.74, 6) is -0.617. The summed E-state index contributed by atoms with van der Waals surface area (Å²) in [5.41, 5.74) is 1.17. The number of piperazine rings is 1. The first-order chi connectivity index (χ1) is 8.72. The molecule has 0 saturated carbocycles. The van der Waals surface area contributed by atoms with Gasteiger partial charge >= 0.3 is 0 Å². The van der Waals surface area contributed by atoms with Crippen molar-refractivity contribution in [3.05, 3.63) is 30.3 Å². The average molecular weight is 246 g/mol. The number of hydrogen-bond donors (Lipinski definition) is 0. The standard InChI is InChI=1S/C14H18N2O2/c1-2-13(17)14(18)16-10-8-15(9-11-16)12-6-4-3-5-7-12/h3-7H,2,8-11H2,1H3. The monoisotopic (exact) mass is 246 g/mol. The minimum absolute atomic E-state index is 0.289. The fourth-order valence-electron chi connectivity index (χ4n) is 2.13. The van der Waals surface area contributed by atoms with Gasteiger partial charge in [-0.2, -0.15) is 0 Å². The van der Waals surface area contributed by atoms with Crippen LogP contribution in [0.1, 0.15) is 13.3 Å². The van der Waals surface area contributed by atoms with Gasteiger partial charge in [0.2, 0.25) is 5.78 Å². The second-order valence-electron chi connectivity index (χ2n) is 4.39. The van der Waals surface area contributed by atoms with Crippen LogP contribution in [0.15, 0.2) is 30.3 Å². The molecule has 0 atom stereocenters. The van der Waals surface area contributed by atoms with Crippen molar-refractivity contribution in [1.82, 2.24) is 4.90 Å². The lowest BCUT2D eigenvalue weighted by atomic mass is 10.2. The molecule has 0 spiro atoms. The summed E-state index contributed by atoms with van der Waals surface area (Å²) in [6.07, 6.45) is 0.289. The van der Waals surface area contributed by atoms with Gasteiger partial charge < -0.3 is 9.80 Å². The van der Waals surface area contributed by atoms with E-state index in [1.807, 2.05) is 18.2 Å². The molecule has 2 rings (SSSR count). The van der Waals surface area contributed by atoms with Gasteiger partial charge in [-0.3, -0.25) is 9.59 Å². The number of Topliss-reactive ketones (excluding diaryl/α,β-unsaturated/α-hetero) is 1. The van der Waals surface area contributed by atoms with E-state index in [-0.39, 0.29) is 18.1 Å². The molecule has 18 heavy (non-hydrogen) atoms. The summed E-state index contributed by atoms with van der Waals surface area (Å²) in [7, 11) is 0. The van der Waals surface area contributed by atoms with Gasteiger partial charge in [0.05, 0.1) is 0 Å². The molecule has 1 fully saturated rings. The molecule has 1 aliphatic heterocycles. The lowest BCUT2D eigenvalue weighted by Gasteiger charge is -2.35. The number of amides is 1.